The maximum absolute atomic E-state index is 13.2. The van der Waals surface area contributed by atoms with Gasteiger partial charge in [0.25, 0.3) is 0 Å². The zero-order valence-corrected chi connectivity index (χ0v) is 15.0. The van der Waals surface area contributed by atoms with E-state index >= 15 is 0 Å². The van der Waals surface area contributed by atoms with Crippen LogP contribution >= 0.6 is 0 Å². The van der Waals surface area contributed by atoms with Gasteiger partial charge in [-0.3, -0.25) is 4.79 Å². The van der Waals surface area contributed by atoms with Crippen LogP contribution in [0.15, 0.2) is 18.2 Å². The summed E-state index contributed by atoms with van der Waals surface area (Å²) in [6.07, 6.45) is 10.6. The second-order valence-corrected chi connectivity index (χ2v) is 8.08. The molecule has 1 aromatic carbocycles. The number of esters is 1. The number of carbonyl (C=O) groups excluding carboxylic acids is 1. The molecule has 2 nitrogen and oxygen atoms in total. The van der Waals surface area contributed by atoms with Gasteiger partial charge in [0.2, 0.25) is 0 Å². The molecule has 0 amide bonds. The monoisotopic (exact) mass is 350 g/mol. The second-order valence-electron chi connectivity index (χ2n) is 8.08. The Bertz CT molecular complexity index is 586. The molecule has 0 N–H and O–H groups in total. The van der Waals surface area contributed by atoms with Crippen LogP contribution in [0.5, 0.6) is 5.75 Å². The lowest BCUT2D eigenvalue weighted by Crippen LogP contribution is -2.27. The fraction of sp³-hybridized carbons (Fsp3) is 0.667. The van der Waals surface area contributed by atoms with Crippen molar-refractivity contribution in [3.8, 4) is 5.75 Å². The van der Waals surface area contributed by atoms with Crippen molar-refractivity contribution in [3.05, 3.63) is 29.8 Å². The first kappa shape index (κ1) is 18.3. The smallest absolute Gasteiger partial charge is 0.314 e. The minimum Gasteiger partial charge on any atom is -0.426 e. The van der Waals surface area contributed by atoms with Crippen LogP contribution in [0.2, 0.25) is 0 Å². The molecule has 0 heterocycles. The number of benzene rings is 1. The largest absolute Gasteiger partial charge is 0.426 e. The fourth-order valence-corrected chi connectivity index (χ4v) is 4.41. The number of carbonyl (C=O) groups is 1. The third-order valence-corrected chi connectivity index (χ3v) is 6.09. The standard InChI is InChI=1S/C21H28F2O2/c1-14-2-4-15(5-3-14)12-16-6-8-17(9-7-16)21(24)25-18-10-11-19(22)20(23)13-18/h10-11,13-17H,2-9,12H2,1H3. The molecule has 0 bridgehead atoms. The maximum Gasteiger partial charge on any atom is 0.314 e. The van der Waals surface area contributed by atoms with Crippen molar-refractivity contribution in [2.45, 2.75) is 64.7 Å². The first-order valence-corrected chi connectivity index (χ1v) is 9.68. The Balaban J connectivity index is 1.43. The Morgan fingerprint density at radius 3 is 2.16 bits per heavy atom. The number of ether oxygens (including phenoxy) is 1. The van der Waals surface area contributed by atoms with Gasteiger partial charge in [0.15, 0.2) is 11.6 Å². The predicted octanol–water partition coefficient (Wildman–Crippen LogP) is 5.89. The van der Waals surface area contributed by atoms with Crippen molar-refractivity contribution in [2.24, 2.45) is 23.7 Å². The van der Waals surface area contributed by atoms with Crippen molar-refractivity contribution in [1.29, 1.82) is 0 Å². The average Bonchev–Trinajstić information content (AvgIpc) is 2.61. The normalized spacial score (nSPS) is 30.0. The highest BCUT2D eigenvalue weighted by Gasteiger charge is 2.30. The van der Waals surface area contributed by atoms with Gasteiger partial charge in [-0.2, -0.15) is 0 Å². The van der Waals surface area contributed by atoms with Crippen LogP contribution in [0.3, 0.4) is 0 Å². The van der Waals surface area contributed by atoms with E-state index in [9.17, 15) is 13.6 Å². The van der Waals surface area contributed by atoms with E-state index in [0.29, 0.717) is 0 Å². The Labute approximate surface area is 149 Å². The molecule has 2 aliphatic carbocycles. The van der Waals surface area contributed by atoms with Gasteiger partial charge < -0.3 is 4.74 Å². The number of hydrogen-bond donors (Lipinski definition) is 0. The zero-order valence-electron chi connectivity index (χ0n) is 15.0. The third kappa shape index (κ3) is 5.02. The average molecular weight is 350 g/mol. The van der Waals surface area contributed by atoms with Gasteiger partial charge in [0, 0.05) is 6.07 Å². The molecule has 0 aliphatic heterocycles. The van der Waals surface area contributed by atoms with E-state index in [1.807, 2.05) is 0 Å². The van der Waals surface area contributed by atoms with E-state index in [1.54, 1.807) is 0 Å². The Morgan fingerprint density at radius 1 is 0.960 bits per heavy atom. The second kappa shape index (κ2) is 8.29. The van der Waals surface area contributed by atoms with E-state index in [-0.39, 0.29) is 17.6 Å². The predicted molar refractivity (Wildman–Crippen MR) is 93.2 cm³/mol. The summed E-state index contributed by atoms with van der Waals surface area (Å²) in [5.74, 6) is 0.220. The van der Waals surface area contributed by atoms with Crippen LogP contribution in [0.1, 0.15) is 64.7 Å². The topological polar surface area (TPSA) is 26.3 Å². The van der Waals surface area contributed by atoms with E-state index in [2.05, 4.69) is 6.92 Å². The number of rotatable bonds is 4. The summed E-state index contributed by atoms with van der Waals surface area (Å²) in [7, 11) is 0. The van der Waals surface area contributed by atoms with Crippen LogP contribution in [-0.2, 0) is 4.79 Å². The van der Waals surface area contributed by atoms with Gasteiger partial charge in [-0.1, -0.05) is 32.6 Å². The molecule has 138 valence electrons. The summed E-state index contributed by atoms with van der Waals surface area (Å²) < 4.78 is 31.4. The summed E-state index contributed by atoms with van der Waals surface area (Å²) in [4.78, 5) is 12.3. The highest BCUT2D eigenvalue weighted by atomic mass is 19.2. The van der Waals surface area contributed by atoms with Crippen LogP contribution in [0.25, 0.3) is 0 Å². The fourth-order valence-electron chi connectivity index (χ4n) is 4.41. The van der Waals surface area contributed by atoms with Crippen LogP contribution in [0, 0.1) is 35.3 Å². The molecule has 1 aromatic rings. The molecule has 0 unspecified atom stereocenters. The third-order valence-electron chi connectivity index (χ3n) is 6.09. The minimum absolute atomic E-state index is 0.0855. The van der Waals surface area contributed by atoms with Gasteiger partial charge in [-0.15, -0.1) is 0 Å². The van der Waals surface area contributed by atoms with Crippen LogP contribution in [0.4, 0.5) is 8.78 Å². The molecular formula is C21H28F2O2. The van der Waals surface area contributed by atoms with Crippen molar-refractivity contribution >= 4 is 5.97 Å². The summed E-state index contributed by atoms with van der Waals surface area (Å²) in [5, 5.41) is 0. The van der Waals surface area contributed by atoms with E-state index in [0.717, 1.165) is 55.6 Å². The highest BCUT2D eigenvalue weighted by molar-refractivity contribution is 5.75. The van der Waals surface area contributed by atoms with Gasteiger partial charge in [0.05, 0.1) is 5.92 Å². The quantitative estimate of drug-likeness (QED) is 0.500. The van der Waals surface area contributed by atoms with E-state index < -0.39 is 11.6 Å². The van der Waals surface area contributed by atoms with Crippen molar-refractivity contribution in [2.75, 3.05) is 0 Å². The Kier molecular flexibility index (Phi) is 6.08. The van der Waals surface area contributed by atoms with Crippen molar-refractivity contribution < 1.29 is 18.3 Å². The molecule has 3 rings (SSSR count). The minimum atomic E-state index is -0.990. The molecule has 2 aliphatic rings. The molecule has 0 aromatic heterocycles. The summed E-state index contributed by atoms with van der Waals surface area (Å²) in [5.41, 5.74) is 0. The molecule has 4 heteroatoms. The van der Waals surface area contributed by atoms with Gasteiger partial charge in [-0.25, -0.2) is 8.78 Å². The Hall–Kier alpha value is -1.45. The van der Waals surface area contributed by atoms with Crippen LogP contribution < -0.4 is 4.74 Å². The van der Waals surface area contributed by atoms with Gasteiger partial charge >= 0.3 is 5.97 Å². The molecular weight excluding hydrogens is 322 g/mol. The number of hydrogen-bond acceptors (Lipinski definition) is 2. The molecule has 0 atom stereocenters. The molecule has 0 radical (unpaired) electrons. The SMILES string of the molecule is CC1CCC(CC2CCC(C(=O)Oc3ccc(F)c(F)c3)CC2)CC1. The molecule has 2 saturated carbocycles. The molecule has 0 saturated heterocycles. The Morgan fingerprint density at radius 2 is 1.56 bits per heavy atom. The summed E-state index contributed by atoms with van der Waals surface area (Å²) in [6.45, 7) is 2.35. The van der Waals surface area contributed by atoms with Gasteiger partial charge in [0.1, 0.15) is 5.75 Å². The van der Waals surface area contributed by atoms with Crippen LogP contribution in [-0.4, -0.2) is 5.97 Å². The van der Waals surface area contributed by atoms with E-state index in [4.69, 9.17) is 4.74 Å². The highest BCUT2D eigenvalue weighted by Crippen LogP contribution is 2.38. The lowest BCUT2D eigenvalue weighted by molar-refractivity contribution is -0.140. The van der Waals surface area contributed by atoms with Gasteiger partial charge in [-0.05, 0) is 62.0 Å². The summed E-state index contributed by atoms with van der Waals surface area (Å²) in [6, 6.07) is 3.22. The maximum atomic E-state index is 13.2. The first-order valence-electron chi connectivity index (χ1n) is 9.68. The van der Waals surface area contributed by atoms with E-state index in [1.165, 1.54) is 38.2 Å². The molecule has 2 fully saturated rings. The first-order chi connectivity index (χ1) is 12.0. The van der Waals surface area contributed by atoms with Crippen molar-refractivity contribution in [3.63, 3.8) is 0 Å². The summed E-state index contributed by atoms with van der Waals surface area (Å²) >= 11 is 0. The van der Waals surface area contributed by atoms with Crippen molar-refractivity contribution in [1.82, 2.24) is 0 Å². The lowest BCUT2D eigenvalue weighted by atomic mass is 9.73. The lowest BCUT2D eigenvalue weighted by Gasteiger charge is -2.32. The molecule has 25 heavy (non-hydrogen) atoms. The zero-order chi connectivity index (χ0) is 17.8. The number of halogens is 2. The molecule has 0 spiro atoms.